The first kappa shape index (κ1) is 19.3. The van der Waals surface area contributed by atoms with Crippen LogP contribution in [0.5, 0.6) is 0 Å². The van der Waals surface area contributed by atoms with Gasteiger partial charge in [0, 0.05) is 43.7 Å². The summed E-state index contributed by atoms with van der Waals surface area (Å²) < 4.78 is 44.8. The number of halogens is 3. The minimum atomic E-state index is -4.16. The zero-order chi connectivity index (χ0) is 20.9. The smallest absolute Gasteiger partial charge is 0.374 e. The fourth-order valence-corrected chi connectivity index (χ4v) is 4.42. The van der Waals surface area contributed by atoms with Gasteiger partial charge in [0.1, 0.15) is 5.82 Å². The van der Waals surface area contributed by atoms with E-state index in [0.717, 1.165) is 18.8 Å². The lowest BCUT2D eigenvalue weighted by Gasteiger charge is -2.34. The van der Waals surface area contributed by atoms with Crippen molar-refractivity contribution >= 4 is 17.7 Å². The molecule has 5 heterocycles. The van der Waals surface area contributed by atoms with Crippen LogP contribution in [0.1, 0.15) is 19.3 Å². The van der Waals surface area contributed by atoms with E-state index in [-0.39, 0.29) is 44.0 Å². The Morgan fingerprint density at radius 2 is 1.83 bits per heavy atom. The molecule has 3 aliphatic rings. The number of alkyl halides is 3. The van der Waals surface area contributed by atoms with Crippen LogP contribution in [0.25, 0.3) is 11.3 Å². The second-order valence-corrected chi connectivity index (χ2v) is 8.04. The first-order valence-electron chi connectivity index (χ1n) is 10.0. The van der Waals surface area contributed by atoms with Gasteiger partial charge in [-0.25, -0.2) is 15.0 Å². The van der Waals surface area contributed by atoms with Gasteiger partial charge in [0.05, 0.1) is 30.4 Å². The highest BCUT2D eigenvalue weighted by atomic mass is 19.4. The lowest BCUT2D eigenvalue weighted by molar-refractivity contribution is -0.179. The first-order chi connectivity index (χ1) is 14.4. The number of hydrogen-bond donors (Lipinski definition) is 1. The Morgan fingerprint density at radius 1 is 1.10 bits per heavy atom. The fraction of sp³-hybridized carbons (Fsp3) is 0.579. The van der Waals surface area contributed by atoms with E-state index in [4.69, 9.17) is 15.5 Å². The van der Waals surface area contributed by atoms with Crippen molar-refractivity contribution in [3.05, 3.63) is 18.5 Å². The highest BCUT2D eigenvalue weighted by Gasteiger charge is 2.42. The predicted molar refractivity (Wildman–Crippen MR) is 104 cm³/mol. The van der Waals surface area contributed by atoms with Crippen molar-refractivity contribution in [2.45, 2.75) is 37.6 Å². The molecule has 2 bridgehead atoms. The number of ether oxygens (including phenoxy) is 1. The molecule has 3 aliphatic heterocycles. The Kier molecular flexibility index (Phi) is 4.64. The molecule has 0 amide bonds. The summed E-state index contributed by atoms with van der Waals surface area (Å²) in [6, 6.07) is 2.13. The lowest BCUT2D eigenvalue weighted by atomic mass is 9.96. The Morgan fingerprint density at radius 3 is 2.43 bits per heavy atom. The lowest BCUT2D eigenvalue weighted by Crippen LogP contribution is -2.41. The minimum Gasteiger partial charge on any atom is -0.374 e. The van der Waals surface area contributed by atoms with Gasteiger partial charge in [-0.15, -0.1) is 0 Å². The zero-order valence-corrected chi connectivity index (χ0v) is 16.2. The Bertz CT molecular complexity index is 915. The van der Waals surface area contributed by atoms with Crippen molar-refractivity contribution in [1.82, 2.24) is 19.9 Å². The maximum absolute atomic E-state index is 13.1. The number of morpholine rings is 1. The average Bonchev–Trinajstić information content (AvgIpc) is 3.37. The molecular formula is C19H22F3N7O. The molecule has 30 heavy (non-hydrogen) atoms. The number of hydrogen-bond acceptors (Lipinski definition) is 8. The maximum Gasteiger partial charge on any atom is 0.391 e. The summed E-state index contributed by atoms with van der Waals surface area (Å²) in [6.45, 7) is 1.93. The molecule has 2 N–H and O–H groups in total. The summed E-state index contributed by atoms with van der Waals surface area (Å²) in [5, 5.41) is 0. The van der Waals surface area contributed by atoms with Crippen molar-refractivity contribution in [3.8, 4) is 11.3 Å². The summed E-state index contributed by atoms with van der Waals surface area (Å²) >= 11 is 0. The van der Waals surface area contributed by atoms with Gasteiger partial charge in [-0.2, -0.15) is 18.2 Å². The second-order valence-electron chi connectivity index (χ2n) is 8.04. The summed E-state index contributed by atoms with van der Waals surface area (Å²) in [6.07, 6.45) is 0.256. The van der Waals surface area contributed by atoms with Crippen LogP contribution in [-0.2, 0) is 4.74 Å². The molecule has 3 fully saturated rings. The fourth-order valence-electron chi connectivity index (χ4n) is 4.42. The summed E-state index contributed by atoms with van der Waals surface area (Å²) in [5.74, 6) is 0.0778. The van der Waals surface area contributed by atoms with E-state index in [0.29, 0.717) is 23.8 Å². The van der Waals surface area contributed by atoms with Gasteiger partial charge in [0.25, 0.3) is 0 Å². The molecule has 11 heteroatoms. The molecular weight excluding hydrogens is 399 g/mol. The summed E-state index contributed by atoms with van der Waals surface area (Å²) in [4.78, 5) is 21.5. The van der Waals surface area contributed by atoms with Gasteiger partial charge in [-0.05, 0) is 19.3 Å². The number of fused-ring (bicyclic) bond motifs is 2. The van der Waals surface area contributed by atoms with Crippen LogP contribution in [0.3, 0.4) is 0 Å². The number of nitrogens with two attached hydrogens (primary N) is 1. The zero-order valence-electron chi connectivity index (χ0n) is 16.2. The number of aromatic nitrogens is 4. The third-order valence-electron chi connectivity index (χ3n) is 6.10. The number of piperidine rings is 1. The van der Waals surface area contributed by atoms with Crippen LogP contribution in [0.15, 0.2) is 18.5 Å². The van der Waals surface area contributed by atoms with Gasteiger partial charge in [-0.1, -0.05) is 0 Å². The topological polar surface area (TPSA) is 93.3 Å². The van der Waals surface area contributed by atoms with E-state index < -0.39 is 12.1 Å². The van der Waals surface area contributed by atoms with Crippen LogP contribution in [0.4, 0.5) is 30.9 Å². The molecule has 0 unspecified atom stereocenters. The van der Waals surface area contributed by atoms with Crippen molar-refractivity contribution in [3.63, 3.8) is 0 Å². The van der Waals surface area contributed by atoms with Gasteiger partial charge in [0.2, 0.25) is 11.9 Å². The van der Waals surface area contributed by atoms with Gasteiger partial charge < -0.3 is 20.3 Å². The number of rotatable bonds is 3. The summed E-state index contributed by atoms with van der Waals surface area (Å²) in [7, 11) is 0. The second kappa shape index (κ2) is 7.22. The van der Waals surface area contributed by atoms with Gasteiger partial charge in [0.15, 0.2) is 0 Å². The van der Waals surface area contributed by atoms with Crippen LogP contribution in [0.2, 0.25) is 0 Å². The van der Waals surface area contributed by atoms with Crippen LogP contribution in [-0.4, -0.2) is 64.5 Å². The normalized spacial score (nSPS) is 24.6. The van der Waals surface area contributed by atoms with Crippen molar-refractivity contribution < 1.29 is 17.9 Å². The highest BCUT2D eigenvalue weighted by molar-refractivity contribution is 5.64. The first-order valence-corrected chi connectivity index (χ1v) is 10.0. The highest BCUT2D eigenvalue weighted by Crippen LogP contribution is 2.37. The molecule has 5 rings (SSSR count). The molecule has 8 nitrogen and oxygen atoms in total. The van der Waals surface area contributed by atoms with Crippen molar-refractivity contribution in [2.24, 2.45) is 5.92 Å². The number of nitrogen functional groups attached to an aromatic ring is 1. The van der Waals surface area contributed by atoms with Crippen LogP contribution >= 0.6 is 0 Å². The molecule has 0 saturated carbocycles. The van der Waals surface area contributed by atoms with Crippen LogP contribution in [0, 0.1) is 5.92 Å². The van der Waals surface area contributed by atoms with E-state index in [1.54, 1.807) is 12.4 Å². The van der Waals surface area contributed by atoms with E-state index >= 15 is 0 Å². The van der Waals surface area contributed by atoms with Crippen molar-refractivity contribution in [2.75, 3.05) is 41.8 Å². The standard InChI is InChI=1S/C19H22F3N7O/c20-19(21,22)12-1-3-28(4-2-12)18-26-15(11-7-24-17(23)25-8-11)6-16(27-18)29-9-14-5-13(29)10-30-14/h6-8,12-14H,1-5,9-10H2,(H2,23,24,25)/t13-,14-/m0/s1. The monoisotopic (exact) mass is 421 g/mol. The molecule has 0 aromatic carbocycles. The van der Waals surface area contributed by atoms with E-state index in [1.807, 2.05) is 11.0 Å². The van der Waals surface area contributed by atoms with Crippen molar-refractivity contribution in [1.29, 1.82) is 0 Å². The molecule has 0 spiro atoms. The molecule has 2 aromatic heterocycles. The van der Waals surface area contributed by atoms with E-state index in [2.05, 4.69) is 19.9 Å². The predicted octanol–water partition coefficient (Wildman–Crippen LogP) is 2.27. The SMILES string of the molecule is Nc1ncc(-c2cc(N3C[C@@H]4C[C@H]3CO4)nc(N3CCC(C(F)(F)F)CC3)n2)cn1. The Balaban J connectivity index is 1.46. The third-order valence-corrected chi connectivity index (χ3v) is 6.10. The van der Waals surface area contributed by atoms with E-state index in [1.165, 1.54) is 0 Å². The van der Waals surface area contributed by atoms with Gasteiger partial charge >= 0.3 is 6.18 Å². The van der Waals surface area contributed by atoms with Gasteiger partial charge in [-0.3, -0.25) is 0 Å². The molecule has 0 radical (unpaired) electrons. The molecule has 2 aromatic rings. The van der Waals surface area contributed by atoms with Crippen LogP contribution < -0.4 is 15.5 Å². The number of nitrogens with zero attached hydrogens (tertiary/aromatic N) is 6. The minimum absolute atomic E-state index is 0.0413. The molecule has 0 aliphatic carbocycles. The molecule has 160 valence electrons. The number of anilines is 3. The average molecular weight is 421 g/mol. The molecule has 2 atom stereocenters. The third kappa shape index (κ3) is 3.62. The quantitative estimate of drug-likeness (QED) is 0.807. The van der Waals surface area contributed by atoms with E-state index in [9.17, 15) is 13.2 Å². The largest absolute Gasteiger partial charge is 0.391 e. The maximum atomic E-state index is 13.1. The summed E-state index contributed by atoms with van der Waals surface area (Å²) in [5.41, 5.74) is 6.90. The molecule has 3 saturated heterocycles. The Labute approximate surface area is 171 Å². The Hall–Kier alpha value is -2.69.